The Labute approximate surface area is 212 Å². The lowest BCUT2D eigenvalue weighted by molar-refractivity contribution is -0.141. The second-order valence-electron chi connectivity index (χ2n) is 8.91. The van der Waals surface area contributed by atoms with Crippen LogP contribution in [0.15, 0.2) is 30.3 Å². The lowest BCUT2D eigenvalue weighted by atomic mass is 10.0. The number of thiol groups is 1. The summed E-state index contributed by atoms with van der Waals surface area (Å²) in [6.45, 7) is 4.26. The van der Waals surface area contributed by atoms with Crippen molar-refractivity contribution in [1.82, 2.24) is 16.0 Å². The quantitative estimate of drug-likeness (QED) is 0.123. The highest BCUT2D eigenvalue weighted by Crippen LogP contribution is 2.09. The van der Waals surface area contributed by atoms with Crippen molar-refractivity contribution in [2.75, 3.05) is 12.3 Å². The van der Waals surface area contributed by atoms with Gasteiger partial charge in [0, 0.05) is 12.2 Å². The van der Waals surface area contributed by atoms with Crippen molar-refractivity contribution in [2.24, 2.45) is 17.4 Å². The molecule has 196 valence electrons. The maximum Gasteiger partial charge on any atom is 0.327 e. The van der Waals surface area contributed by atoms with Gasteiger partial charge in [-0.2, -0.15) is 12.6 Å². The van der Waals surface area contributed by atoms with E-state index in [1.165, 1.54) is 0 Å². The van der Waals surface area contributed by atoms with Gasteiger partial charge in [-0.15, -0.1) is 0 Å². The fourth-order valence-corrected chi connectivity index (χ4v) is 3.66. The molecule has 0 fully saturated rings. The van der Waals surface area contributed by atoms with Crippen LogP contribution in [0.5, 0.6) is 0 Å². The summed E-state index contributed by atoms with van der Waals surface area (Å²) in [6, 6.07) is 5.19. The van der Waals surface area contributed by atoms with Gasteiger partial charge in [0.15, 0.2) is 0 Å². The molecule has 0 aromatic heterocycles. The van der Waals surface area contributed by atoms with Crippen LogP contribution in [-0.2, 0) is 25.6 Å². The Bertz CT molecular complexity index is 824. The van der Waals surface area contributed by atoms with E-state index in [0.29, 0.717) is 19.4 Å². The number of nitrogens with two attached hydrogens (primary N) is 2. The highest BCUT2D eigenvalue weighted by molar-refractivity contribution is 7.80. The molecule has 1 aromatic rings. The first-order chi connectivity index (χ1) is 16.6. The van der Waals surface area contributed by atoms with Crippen molar-refractivity contribution in [3.05, 3.63) is 35.9 Å². The van der Waals surface area contributed by atoms with Crippen LogP contribution in [0.4, 0.5) is 0 Å². The van der Waals surface area contributed by atoms with Crippen LogP contribution in [0, 0.1) is 5.92 Å². The van der Waals surface area contributed by atoms with Crippen LogP contribution in [0.3, 0.4) is 0 Å². The number of rotatable bonds is 16. The van der Waals surface area contributed by atoms with E-state index in [2.05, 4.69) is 28.6 Å². The van der Waals surface area contributed by atoms with E-state index < -0.39 is 47.9 Å². The molecule has 1 rings (SSSR count). The molecule has 0 aliphatic heterocycles. The molecule has 4 atom stereocenters. The summed E-state index contributed by atoms with van der Waals surface area (Å²) < 4.78 is 0. The van der Waals surface area contributed by atoms with Crippen LogP contribution in [0.25, 0.3) is 0 Å². The summed E-state index contributed by atoms with van der Waals surface area (Å²) in [6.07, 6.45) is 2.33. The van der Waals surface area contributed by atoms with Crippen molar-refractivity contribution in [2.45, 2.75) is 70.1 Å². The smallest absolute Gasteiger partial charge is 0.327 e. The molecule has 0 heterocycles. The molecule has 0 radical (unpaired) electrons. The molecular weight excluding hydrogens is 470 g/mol. The number of unbranched alkanes of at least 4 members (excludes halogenated alkanes) is 1. The average molecular weight is 510 g/mol. The molecule has 0 bridgehead atoms. The second kappa shape index (κ2) is 16.1. The van der Waals surface area contributed by atoms with E-state index in [1.807, 2.05) is 44.2 Å². The van der Waals surface area contributed by atoms with Gasteiger partial charge in [-0.25, -0.2) is 4.79 Å². The standard InChI is InChI=1S/C24H39N5O5S/c1-15(2)12-18(22(31)29-20(14-35)24(33)34)28-23(32)19(13-16-8-4-3-5-9-16)27-21(30)17(26)10-6-7-11-25/h3-5,8-9,15,17-20,35H,6-7,10-14,25-26H2,1-2H3,(H,27,30)(H,28,32)(H,29,31)(H,33,34). The van der Waals surface area contributed by atoms with Crippen LogP contribution < -0.4 is 27.4 Å². The molecule has 0 saturated heterocycles. The fourth-order valence-electron chi connectivity index (χ4n) is 3.41. The number of hydrogen-bond acceptors (Lipinski definition) is 7. The van der Waals surface area contributed by atoms with Crippen molar-refractivity contribution in [3.8, 4) is 0 Å². The van der Waals surface area contributed by atoms with E-state index in [0.717, 1.165) is 12.0 Å². The summed E-state index contributed by atoms with van der Waals surface area (Å²) in [7, 11) is 0. The Morgan fingerprint density at radius 3 is 2.03 bits per heavy atom. The van der Waals surface area contributed by atoms with E-state index in [-0.39, 0.29) is 24.5 Å². The Morgan fingerprint density at radius 1 is 0.914 bits per heavy atom. The number of aliphatic carboxylic acids is 1. The first kappa shape index (κ1) is 30.4. The molecule has 8 N–H and O–H groups in total. The summed E-state index contributed by atoms with van der Waals surface area (Å²) in [5.74, 6) is -2.95. The van der Waals surface area contributed by atoms with Gasteiger partial charge in [-0.3, -0.25) is 14.4 Å². The Kier molecular flexibility index (Phi) is 14.0. The maximum absolute atomic E-state index is 13.3. The maximum atomic E-state index is 13.3. The highest BCUT2D eigenvalue weighted by atomic mass is 32.1. The van der Waals surface area contributed by atoms with Crippen molar-refractivity contribution in [3.63, 3.8) is 0 Å². The molecule has 0 aliphatic carbocycles. The van der Waals surface area contributed by atoms with E-state index >= 15 is 0 Å². The Hall–Kier alpha value is -2.63. The summed E-state index contributed by atoms with van der Waals surface area (Å²) in [4.78, 5) is 50.1. The van der Waals surface area contributed by atoms with Gasteiger partial charge >= 0.3 is 5.97 Å². The van der Waals surface area contributed by atoms with Gasteiger partial charge in [0.2, 0.25) is 17.7 Å². The number of nitrogens with one attached hydrogen (secondary N) is 3. The number of carboxylic acid groups (broad SMARTS) is 1. The number of hydrogen-bond donors (Lipinski definition) is 7. The third-order valence-corrected chi connectivity index (χ3v) is 5.72. The average Bonchev–Trinajstić information content (AvgIpc) is 2.81. The molecule has 11 heteroatoms. The number of carboxylic acids is 1. The minimum absolute atomic E-state index is 0.0310. The van der Waals surface area contributed by atoms with Gasteiger partial charge in [0.05, 0.1) is 6.04 Å². The summed E-state index contributed by atoms with van der Waals surface area (Å²) in [5.41, 5.74) is 12.3. The molecular formula is C24H39N5O5S. The number of carbonyl (C=O) groups is 4. The number of benzene rings is 1. The molecule has 35 heavy (non-hydrogen) atoms. The summed E-state index contributed by atoms with van der Waals surface area (Å²) >= 11 is 3.96. The van der Waals surface area contributed by atoms with Crippen LogP contribution in [-0.4, -0.2) is 65.3 Å². The lowest BCUT2D eigenvalue weighted by Gasteiger charge is -2.26. The monoisotopic (exact) mass is 509 g/mol. The van der Waals surface area contributed by atoms with Gasteiger partial charge in [0.1, 0.15) is 18.1 Å². The van der Waals surface area contributed by atoms with Crippen molar-refractivity contribution in [1.29, 1.82) is 0 Å². The highest BCUT2D eigenvalue weighted by Gasteiger charge is 2.30. The van der Waals surface area contributed by atoms with Crippen molar-refractivity contribution < 1.29 is 24.3 Å². The topological polar surface area (TPSA) is 177 Å². The molecule has 10 nitrogen and oxygen atoms in total. The van der Waals surface area contributed by atoms with Gasteiger partial charge < -0.3 is 32.5 Å². The van der Waals surface area contributed by atoms with Gasteiger partial charge in [0.25, 0.3) is 0 Å². The second-order valence-corrected chi connectivity index (χ2v) is 9.28. The first-order valence-corrected chi connectivity index (χ1v) is 12.5. The number of amides is 3. The van der Waals surface area contributed by atoms with E-state index in [1.54, 1.807) is 0 Å². The predicted octanol–water partition coefficient (Wildman–Crippen LogP) is 0.200. The van der Waals surface area contributed by atoms with Gasteiger partial charge in [-0.05, 0) is 37.3 Å². The van der Waals surface area contributed by atoms with Gasteiger partial charge in [-0.1, -0.05) is 50.6 Å². The molecule has 0 spiro atoms. The zero-order valence-electron chi connectivity index (χ0n) is 20.4. The molecule has 0 saturated carbocycles. The SMILES string of the molecule is CC(C)CC(NC(=O)C(Cc1ccccc1)NC(=O)C(N)CCCCN)C(=O)NC(CS)C(=O)O. The molecule has 1 aromatic carbocycles. The predicted molar refractivity (Wildman–Crippen MR) is 138 cm³/mol. The van der Waals surface area contributed by atoms with E-state index in [9.17, 15) is 24.3 Å². The van der Waals surface area contributed by atoms with Crippen LogP contribution >= 0.6 is 12.6 Å². The fraction of sp³-hybridized carbons (Fsp3) is 0.583. The van der Waals surface area contributed by atoms with E-state index in [4.69, 9.17) is 11.5 Å². The van der Waals surface area contributed by atoms with Crippen LogP contribution in [0.1, 0.15) is 45.1 Å². The third-order valence-electron chi connectivity index (χ3n) is 5.36. The number of carbonyl (C=O) groups excluding carboxylic acids is 3. The largest absolute Gasteiger partial charge is 0.480 e. The normalized spacial score (nSPS) is 14.5. The summed E-state index contributed by atoms with van der Waals surface area (Å²) in [5, 5.41) is 17.0. The molecule has 3 amide bonds. The lowest BCUT2D eigenvalue weighted by Crippen LogP contribution is -2.58. The molecule has 4 unspecified atom stereocenters. The first-order valence-electron chi connectivity index (χ1n) is 11.8. The Morgan fingerprint density at radius 2 is 1.49 bits per heavy atom. The minimum atomic E-state index is -1.22. The van der Waals surface area contributed by atoms with Crippen LogP contribution in [0.2, 0.25) is 0 Å². The van der Waals surface area contributed by atoms with Crippen molar-refractivity contribution >= 4 is 36.3 Å². The third kappa shape index (κ3) is 11.6. The molecule has 0 aliphatic rings. The zero-order valence-corrected chi connectivity index (χ0v) is 21.3. The minimum Gasteiger partial charge on any atom is -0.480 e. The Balaban J connectivity index is 3.03. The zero-order chi connectivity index (χ0) is 26.4.